The molecule has 0 saturated carbocycles. The molecule has 2 heterocycles. The molecule has 0 aromatic heterocycles. The van der Waals surface area contributed by atoms with Crippen LogP contribution in [0.25, 0.3) is 0 Å². The van der Waals surface area contributed by atoms with Crippen molar-refractivity contribution in [3.8, 4) is 0 Å². The van der Waals surface area contributed by atoms with E-state index in [0.29, 0.717) is 19.2 Å². The highest BCUT2D eigenvalue weighted by molar-refractivity contribution is 7.89. The summed E-state index contributed by atoms with van der Waals surface area (Å²) in [6, 6.07) is 2.54. The second-order valence-electron chi connectivity index (χ2n) is 5.37. The lowest BCUT2D eigenvalue weighted by atomic mass is 10.0. The van der Waals surface area contributed by atoms with Crippen LogP contribution in [0.15, 0.2) is 23.1 Å². The minimum Gasteiger partial charge on any atom is -0.316 e. The van der Waals surface area contributed by atoms with Gasteiger partial charge in [-0.15, -0.1) is 0 Å². The third-order valence-electron chi connectivity index (χ3n) is 4.09. The van der Waals surface area contributed by atoms with Crippen LogP contribution in [0.2, 0.25) is 0 Å². The van der Waals surface area contributed by atoms with Gasteiger partial charge in [0, 0.05) is 13.1 Å². The molecule has 1 aromatic rings. The molecule has 3 rings (SSSR count). The van der Waals surface area contributed by atoms with Crippen LogP contribution in [-0.2, 0) is 10.0 Å². The lowest BCUT2D eigenvalue weighted by Crippen LogP contribution is -2.32. The maximum atomic E-state index is 13.1. The highest BCUT2D eigenvalue weighted by Gasteiger charge is 2.43. The van der Waals surface area contributed by atoms with Crippen molar-refractivity contribution in [3.05, 3.63) is 34.1 Å². The Bertz CT molecular complexity index is 682. The Hall–Kier alpha value is -1.58. The summed E-state index contributed by atoms with van der Waals surface area (Å²) in [6.45, 7) is 2.19. The van der Waals surface area contributed by atoms with E-state index in [-0.39, 0.29) is 11.8 Å². The van der Waals surface area contributed by atoms with Gasteiger partial charge in [0.05, 0.1) is 11.0 Å². The quantitative estimate of drug-likeness (QED) is 0.650. The predicted molar refractivity (Wildman–Crippen MR) is 71.7 cm³/mol. The molecule has 2 atom stereocenters. The van der Waals surface area contributed by atoms with Gasteiger partial charge in [-0.3, -0.25) is 10.1 Å². The molecule has 2 aliphatic rings. The summed E-state index contributed by atoms with van der Waals surface area (Å²) in [5.74, 6) is -0.360. The van der Waals surface area contributed by atoms with E-state index in [4.69, 9.17) is 0 Å². The van der Waals surface area contributed by atoms with E-state index < -0.39 is 31.3 Å². The summed E-state index contributed by atoms with van der Waals surface area (Å²) >= 11 is 0. The highest BCUT2D eigenvalue weighted by atomic mass is 32.2. The zero-order valence-corrected chi connectivity index (χ0v) is 11.8. The lowest BCUT2D eigenvalue weighted by Gasteiger charge is -2.17. The molecular formula is C12H14FN3O4S. The molecule has 2 fully saturated rings. The van der Waals surface area contributed by atoms with Gasteiger partial charge in [0.15, 0.2) is 4.90 Å². The molecule has 0 radical (unpaired) electrons. The number of benzene rings is 1. The zero-order chi connectivity index (χ0) is 15.2. The molecule has 7 nitrogen and oxygen atoms in total. The Balaban J connectivity index is 1.98. The number of rotatable bonds is 3. The van der Waals surface area contributed by atoms with Gasteiger partial charge in [0.25, 0.3) is 5.69 Å². The van der Waals surface area contributed by atoms with Gasteiger partial charge in [-0.25, -0.2) is 12.8 Å². The third-order valence-corrected chi connectivity index (χ3v) is 5.97. The van der Waals surface area contributed by atoms with E-state index in [1.165, 1.54) is 4.31 Å². The van der Waals surface area contributed by atoms with E-state index in [1.54, 1.807) is 0 Å². The molecule has 0 spiro atoms. The van der Waals surface area contributed by atoms with Gasteiger partial charge in [-0.1, -0.05) is 0 Å². The van der Waals surface area contributed by atoms with Crippen LogP contribution in [0.5, 0.6) is 0 Å². The fraction of sp³-hybridized carbons (Fsp3) is 0.500. The number of nitrogens with one attached hydrogen (secondary N) is 1. The van der Waals surface area contributed by atoms with Crippen LogP contribution >= 0.6 is 0 Å². The minimum atomic E-state index is -3.98. The average Bonchev–Trinajstić information content (AvgIpc) is 2.98. The van der Waals surface area contributed by atoms with E-state index >= 15 is 0 Å². The molecule has 21 heavy (non-hydrogen) atoms. The monoisotopic (exact) mass is 315 g/mol. The second kappa shape index (κ2) is 5.00. The van der Waals surface area contributed by atoms with Gasteiger partial charge >= 0.3 is 0 Å². The zero-order valence-electron chi connectivity index (χ0n) is 11.0. The first-order valence-corrected chi connectivity index (χ1v) is 7.98. The van der Waals surface area contributed by atoms with Gasteiger partial charge in [-0.05, 0) is 37.1 Å². The molecular weight excluding hydrogens is 301 g/mol. The minimum absolute atomic E-state index is 0.235. The Morgan fingerprint density at radius 3 is 2.48 bits per heavy atom. The number of sulfonamides is 1. The number of halogens is 1. The smallest absolute Gasteiger partial charge is 0.292 e. The molecule has 0 aliphatic carbocycles. The molecule has 1 N–H and O–H groups in total. The first-order chi connectivity index (χ1) is 9.89. The largest absolute Gasteiger partial charge is 0.316 e. The maximum absolute atomic E-state index is 13.1. The lowest BCUT2D eigenvalue weighted by molar-refractivity contribution is -0.388. The molecule has 2 aliphatic heterocycles. The van der Waals surface area contributed by atoms with Crippen molar-refractivity contribution in [2.75, 3.05) is 26.2 Å². The van der Waals surface area contributed by atoms with E-state index in [0.717, 1.165) is 25.2 Å². The van der Waals surface area contributed by atoms with Crippen LogP contribution in [0, 0.1) is 27.8 Å². The third kappa shape index (κ3) is 2.41. The van der Waals surface area contributed by atoms with E-state index in [9.17, 15) is 22.9 Å². The molecule has 114 valence electrons. The topological polar surface area (TPSA) is 92.5 Å². The van der Waals surface area contributed by atoms with Crippen molar-refractivity contribution in [1.29, 1.82) is 0 Å². The molecule has 1 aromatic carbocycles. The Morgan fingerprint density at radius 1 is 1.29 bits per heavy atom. The Labute approximate surface area is 120 Å². The van der Waals surface area contributed by atoms with Crippen LogP contribution in [0.4, 0.5) is 10.1 Å². The molecule has 9 heteroatoms. The fourth-order valence-corrected chi connectivity index (χ4v) is 4.69. The number of fused-ring (bicyclic) bond motifs is 1. The van der Waals surface area contributed by atoms with Crippen molar-refractivity contribution < 1.29 is 17.7 Å². The molecule has 0 bridgehead atoms. The van der Waals surface area contributed by atoms with Gasteiger partial charge < -0.3 is 5.32 Å². The number of hydrogen-bond acceptors (Lipinski definition) is 5. The van der Waals surface area contributed by atoms with Crippen LogP contribution in [0.1, 0.15) is 0 Å². The molecule has 2 unspecified atom stereocenters. The highest BCUT2D eigenvalue weighted by Crippen LogP contribution is 2.34. The van der Waals surface area contributed by atoms with E-state index in [1.807, 2.05) is 0 Å². The molecule has 0 amide bonds. The summed E-state index contributed by atoms with van der Waals surface area (Å²) in [5.41, 5.74) is -0.717. The van der Waals surface area contributed by atoms with Gasteiger partial charge in [-0.2, -0.15) is 4.31 Å². The van der Waals surface area contributed by atoms with Crippen molar-refractivity contribution in [3.63, 3.8) is 0 Å². The summed E-state index contributed by atoms with van der Waals surface area (Å²) in [7, 11) is -3.98. The van der Waals surface area contributed by atoms with Crippen LogP contribution in [0.3, 0.4) is 0 Å². The number of nitrogens with zero attached hydrogens (tertiary/aromatic N) is 2. The fourth-order valence-electron chi connectivity index (χ4n) is 3.00. The maximum Gasteiger partial charge on any atom is 0.292 e. The average molecular weight is 315 g/mol. The summed E-state index contributed by atoms with van der Waals surface area (Å²) in [6.07, 6.45) is 0. The van der Waals surface area contributed by atoms with Crippen LogP contribution < -0.4 is 5.32 Å². The first-order valence-electron chi connectivity index (χ1n) is 6.54. The number of nitro benzene ring substituents is 1. The number of hydrogen-bond donors (Lipinski definition) is 1. The number of nitro groups is 1. The van der Waals surface area contributed by atoms with Gasteiger partial charge in [0.2, 0.25) is 10.0 Å². The SMILES string of the molecule is O=[N+]([O-])c1cc(F)ccc1S(=O)(=O)N1CC2CNCC2C1. The Morgan fingerprint density at radius 2 is 1.90 bits per heavy atom. The van der Waals surface area contributed by atoms with Crippen molar-refractivity contribution >= 4 is 15.7 Å². The van der Waals surface area contributed by atoms with Gasteiger partial charge in [0.1, 0.15) is 5.82 Å². The Kier molecular flexibility index (Phi) is 3.42. The van der Waals surface area contributed by atoms with Crippen LogP contribution in [-0.4, -0.2) is 43.8 Å². The predicted octanol–water partition coefficient (Wildman–Crippen LogP) is 0.574. The standard InChI is InChI=1S/C12H14FN3O4S/c13-10-1-2-12(11(3-10)16(17)18)21(19,20)15-6-8-4-14-5-9(8)7-15/h1-3,8-9,14H,4-7H2. The van der Waals surface area contributed by atoms with Crippen molar-refractivity contribution in [1.82, 2.24) is 9.62 Å². The first kappa shape index (κ1) is 14.4. The van der Waals surface area contributed by atoms with E-state index in [2.05, 4.69) is 5.32 Å². The second-order valence-corrected chi connectivity index (χ2v) is 7.28. The summed E-state index contributed by atoms with van der Waals surface area (Å²) < 4.78 is 39.6. The normalized spacial score (nSPS) is 26.0. The summed E-state index contributed by atoms with van der Waals surface area (Å²) in [4.78, 5) is 9.67. The van der Waals surface area contributed by atoms with Crippen molar-refractivity contribution in [2.24, 2.45) is 11.8 Å². The summed E-state index contributed by atoms with van der Waals surface area (Å²) in [5, 5.41) is 14.2. The van der Waals surface area contributed by atoms with Crippen molar-refractivity contribution in [2.45, 2.75) is 4.90 Å². The molecule has 2 saturated heterocycles.